The first-order valence-electron chi connectivity index (χ1n) is 19.6. The van der Waals surface area contributed by atoms with Crippen LogP contribution in [0, 0.1) is 42.4 Å². The largest absolute Gasteiger partial charge is 0.491 e. The lowest BCUT2D eigenvalue weighted by Crippen LogP contribution is -2.49. The number of anilines is 1. The van der Waals surface area contributed by atoms with Crippen molar-refractivity contribution in [1.82, 2.24) is 14.4 Å². The highest BCUT2D eigenvalue weighted by atomic mass is 16.5. The van der Waals surface area contributed by atoms with Crippen LogP contribution >= 0.6 is 0 Å². The molecular weight excluding hydrogens is 705 g/mol. The summed E-state index contributed by atoms with van der Waals surface area (Å²) in [5.41, 5.74) is 8.05. The lowest BCUT2D eigenvalue weighted by atomic mass is 9.96. The SMILES string of the molecule is Cc1c(C#N)c(-c2ccc(C#N)cc2)c(C)n1Cc1ccc(OCCOCCOCCN2CCC(CN3CCN(c4ccc(C=O)c(C=O)c4)CC3)CC2)cc1. The van der Waals surface area contributed by atoms with Crippen LogP contribution in [-0.4, -0.2) is 112 Å². The van der Waals surface area contributed by atoms with Gasteiger partial charge in [0.25, 0.3) is 0 Å². The van der Waals surface area contributed by atoms with Crippen molar-refractivity contribution in [2.45, 2.75) is 33.2 Å². The summed E-state index contributed by atoms with van der Waals surface area (Å²) in [6.45, 7) is 15.5. The maximum atomic E-state index is 11.4. The first-order valence-corrected chi connectivity index (χ1v) is 19.6. The molecule has 3 aromatic carbocycles. The molecule has 0 atom stereocenters. The Morgan fingerprint density at radius 3 is 2.05 bits per heavy atom. The van der Waals surface area contributed by atoms with Crippen LogP contribution in [0.5, 0.6) is 5.75 Å². The summed E-state index contributed by atoms with van der Waals surface area (Å²) in [5, 5.41) is 19.1. The first kappa shape index (κ1) is 40.4. The first-order chi connectivity index (χ1) is 27.4. The van der Waals surface area contributed by atoms with Gasteiger partial charge in [0.05, 0.1) is 43.6 Å². The van der Waals surface area contributed by atoms with Crippen molar-refractivity contribution in [2.75, 3.05) is 90.3 Å². The minimum Gasteiger partial charge on any atom is -0.491 e. The molecule has 1 aromatic heterocycles. The fourth-order valence-electron chi connectivity index (χ4n) is 7.84. The smallest absolute Gasteiger partial charge is 0.150 e. The molecule has 0 N–H and O–H groups in total. The number of hydrogen-bond acceptors (Lipinski definition) is 10. The molecule has 11 heteroatoms. The van der Waals surface area contributed by atoms with E-state index in [4.69, 9.17) is 19.5 Å². The minimum absolute atomic E-state index is 0.443. The number of likely N-dealkylation sites (tertiary alicyclic amines) is 1. The second-order valence-electron chi connectivity index (χ2n) is 14.6. The number of ether oxygens (including phenoxy) is 3. The highest BCUT2D eigenvalue weighted by molar-refractivity contribution is 5.91. The van der Waals surface area contributed by atoms with Crippen molar-refractivity contribution < 1.29 is 23.8 Å². The minimum atomic E-state index is 0.443. The van der Waals surface area contributed by atoms with E-state index in [0.717, 1.165) is 104 Å². The molecule has 0 spiro atoms. The van der Waals surface area contributed by atoms with Crippen LogP contribution in [0.1, 0.15) is 61.6 Å². The van der Waals surface area contributed by atoms with Crippen molar-refractivity contribution in [3.05, 3.63) is 106 Å². The van der Waals surface area contributed by atoms with Crippen LogP contribution in [0.15, 0.2) is 66.7 Å². The number of piperidine rings is 1. The van der Waals surface area contributed by atoms with E-state index in [2.05, 4.69) is 31.4 Å². The summed E-state index contributed by atoms with van der Waals surface area (Å²) >= 11 is 0. The fraction of sp³-hybridized carbons (Fsp3) is 0.422. The number of carbonyl (C=O) groups is 2. The highest BCUT2D eigenvalue weighted by Gasteiger charge is 2.24. The average molecular weight is 757 g/mol. The van der Waals surface area contributed by atoms with Crippen LogP contribution in [0.25, 0.3) is 11.1 Å². The Labute approximate surface area is 330 Å². The Kier molecular flexibility index (Phi) is 14.4. The Morgan fingerprint density at radius 2 is 1.39 bits per heavy atom. The summed E-state index contributed by atoms with van der Waals surface area (Å²) in [7, 11) is 0. The van der Waals surface area contributed by atoms with Gasteiger partial charge >= 0.3 is 0 Å². The van der Waals surface area contributed by atoms with Gasteiger partial charge in [-0.25, -0.2) is 0 Å². The maximum absolute atomic E-state index is 11.4. The van der Waals surface area contributed by atoms with E-state index in [1.807, 2.05) is 62.4 Å². The molecule has 11 nitrogen and oxygen atoms in total. The second-order valence-corrected chi connectivity index (χ2v) is 14.6. The van der Waals surface area contributed by atoms with Gasteiger partial charge in [-0.1, -0.05) is 24.3 Å². The van der Waals surface area contributed by atoms with E-state index >= 15 is 0 Å². The van der Waals surface area contributed by atoms with Gasteiger partial charge in [0.1, 0.15) is 18.4 Å². The molecule has 0 radical (unpaired) electrons. The molecule has 2 saturated heterocycles. The third-order valence-corrected chi connectivity index (χ3v) is 11.2. The van der Waals surface area contributed by atoms with E-state index in [0.29, 0.717) is 67.8 Å². The number of nitrogens with zero attached hydrogens (tertiary/aromatic N) is 6. The number of hydrogen-bond donors (Lipinski definition) is 0. The van der Waals surface area contributed by atoms with Gasteiger partial charge in [-0.3, -0.25) is 14.5 Å². The van der Waals surface area contributed by atoms with E-state index in [9.17, 15) is 14.9 Å². The zero-order chi connectivity index (χ0) is 39.3. The quantitative estimate of drug-likeness (QED) is 0.0865. The number of rotatable bonds is 18. The van der Waals surface area contributed by atoms with Gasteiger partial charge < -0.3 is 28.6 Å². The summed E-state index contributed by atoms with van der Waals surface area (Å²) < 4.78 is 19.7. The van der Waals surface area contributed by atoms with Gasteiger partial charge in [-0.05, 0) is 99.3 Å². The molecule has 3 heterocycles. The Morgan fingerprint density at radius 1 is 0.714 bits per heavy atom. The molecular formula is C45H52N6O5. The predicted octanol–water partition coefficient (Wildman–Crippen LogP) is 6.13. The van der Waals surface area contributed by atoms with Gasteiger partial charge in [-0.2, -0.15) is 10.5 Å². The molecule has 0 unspecified atom stereocenters. The van der Waals surface area contributed by atoms with Crippen LogP contribution in [0.4, 0.5) is 5.69 Å². The zero-order valence-corrected chi connectivity index (χ0v) is 32.6. The Balaban J connectivity index is 0.805. The van der Waals surface area contributed by atoms with E-state index in [1.54, 1.807) is 18.2 Å². The predicted molar refractivity (Wildman–Crippen MR) is 216 cm³/mol. The topological polar surface area (TPSA) is 124 Å². The standard InChI is InChI=1S/C45H52N6O5/c1-34-44(29-47)45(39-7-3-36(28-46)4-8-39)35(2)51(34)31-37-5-11-43(12-6-37)56-26-25-55-24-23-54-22-21-48-15-13-38(14-16-48)30-49-17-19-50(20-18-49)42-10-9-40(32-52)41(27-42)33-53/h3-12,27,32-33,38H,13-26,30-31H2,1-2H3. The van der Waals surface area contributed by atoms with Crippen LogP contribution in [-0.2, 0) is 16.0 Å². The molecule has 0 aliphatic carbocycles. The normalized spacial score (nSPS) is 15.3. The molecule has 0 amide bonds. The van der Waals surface area contributed by atoms with Crippen molar-refractivity contribution in [1.29, 1.82) is 10.5 Å². The lowest BCUT2D eigenvalue weighted by Gasteiger charge is -2.39. The Bertz CT molecular complexity index is 2000. The van der Waals surface area contributed by atoms with Crippen molar-refractivity contribution in [2.24, 2.45) is 5.92 Å². The van der Waals surface area contributed by atoms with Crippen molar-refractivity contribution in [3.8, 4) is 29.0 Å². The zero-order valence-electron chi connectivity index (χ0n) is 32.6. The van der Waals surface area contributed by atoms with Gasteiger partial charge in [0, 0.05) is 79.6 Å². The molecule has 2 aliphatic rings. The molecule has 2 fully saturated rings. The maximum Gasteiger partial charge on any atom is 0.150 e. The van der Waals surface area contributed by atoms with Crippen LogP contribution in [0.3, 0.4) is 0 Å². The van der Waals surface area contributed by atoms with Crippen LogP contribution < -0.4 is 9.64 Å². The van der Waals surface area contributed by atoms with Crippen LogP contribution in [0.2, 0.25) is 0 Å². The highest BCUT2D eigenvalue weighted by Crippen LogP contribution is 2.33. The molecule has 6 rings (SSSR count). The molecule has 56 heavy (non-hydrogen) atoms. The molecule has 4 aromatic rings. The number of piperazine rings is 1. The molecule has 0 bridgehead atoms. The van der Waals surface area contributed by atoms with Gasteiger partial charge in [-0.15, -0.1) is 0 Å². The fourth-order valence-corrected chi connectivity index (χ4v) is 7.84. The van der Waals surface area contributed by atoms with Gasteiger partial charge in [0.15, 0.2) is 12.6 Å². The van der Waals surface area contributed by atoms with Gasteiger partial charge in [0.2, 0.25) is 0 Å². The monoisotopic (exact) mass is 756 g/mol. The lowest BCUT2D eigenvalue weighted by molar-refractivity contribution is 0.0254. The Hall–Kier alpha value is -5.30. The number of carbonyl (C=O) groups excluding carboxylic acids is 2. The number of benzene rings is 3. The van der Waals surface area contributed by atoms with E-state index in [-0.39, 0.29) is 0 Å². The third-order valence-electron chi connectivity index (χ3n) is 11.2. The molecule has 2 aliphatic heterocycles. The summed E-state index contributed by atoms with van der Waals surface area (Å²) in [6.07, 6.45) is 3.91. The third kappa shape index (κ3) is 10.3. The summed E-state index contributed by atoms with van der Waals surface area (Å²) in [4.78, 5) is 29.9. The average Bonchev–Trinajstić information content (AvgIpc) is 3.48. The number of aldehydes is 2. The molecule has 292 valence electrons. The summed E-state index contributed by atoms with van der Waals surface area (Å²) in [6, 6.07) is 25.5. The number of nitriles is 2. The van der Waals surface area contributed by atoms with Crippen molar-refractivity contribution >= 4 is 18.3 Å². The summed E-state index contributed by atoms with van der Waals surface area (Å²) in [5.74, 6) is 1.50. The number of aromatic nitrogens is 1. The second kappa shape index (κ2) is 20.0. The van der Waals surface area contributed by atoms with E-state index in [1.165, 1.54) is 12.8 Å². The van der Waals surface area contributed by atoms with E-state index < -0.39 is 0 Å². The molecule has 0 saturated carbocycles. The van der Waals surface area contributed by atoms with Crippen molar-refractivity contribution in [3.63, 3.8) is 0 Å².